The van der Waals surface area contributed by atoms with E-state index in [9.17, 15) is 4.79 Å². The van der Waals surface area contributed by atoms with Crippen LogP contribution in [0.1, 0.15) is 17.3 Å². The third-order valence-corrected chi connectivity index (χ3v) is 2.57. The van der Waals surface area contributed by atoms with Crippen LogP contribution in [0.4, 0.5) is 11.4 Å². The van der Waals surface area contributed by atoms with Crippen LogP contribution in [0.15, 0.2) is 43.0 Å². The summed E-state index contributed by atoms with van der Waals surface area (Å²) in [4.78, 5) is 21.6. The highest BCUT2D eigenvalue weighted by atomic mass is 16.2. The highest BCUT2D eigenvalue weighted by Gasteiger charge is 2.16. The number of nitrogens with zero attached hydrogens (tertiary/aromatic N) is 3. The van der Waals surface area contributed by atoms with E-state index in [0.29, 0.717) is 17.8 Å². The fourth-order valence-electron chi connectivity index (χ4n) is 1.66. The van der Waals surface area contributed by atoms with Crippen LogP contribution in [0.5, 0.6) is 0 Å². The Bertz CT molecular complexity index is 524. The van der Waals surface area contributed by atoms with Crippen molar-refractivity contribution in [1.29, 1.82) is 0 Å². The number of nitrogens with two attached hydrogens (primary N) is 1. The molecule has 1 aromatic carbocycles. The number of amides is 1. The number of hydrogen-bond acceptors (Lipinski definition) is 4. The number of carbonyl (C=O) groups excluding carboxylic acids is 1. The van der Waals surface area contributed by atoms with Gasteiger partial charge in [0.05, 0.1) is 5.56 Å². The van der Waals surface area contributed by atoms with Gasteiger partial charge in [-0.1, -0.05) is 0 Å². The van der Waals surface area contributed by atoms with E-state index < -0.39 is 0 Å². The van der Waals surface area contributed by atoms with E-state index in [1.54, 1.807) is 17.0 Å². The lowest BCUT2D eigenvalue weighted by atomic mass is 10.2. The number of rotatable bonds is 3. The molecule has 0 unspecified atom stereocenters. The zero-order valence-corrected chi connectivity index (χ0v) is 10.1. The Morgan fingerprint density at radius 3 is 2.39 bits per heavy atom. The third-order valence-electron chi connectivity index (χ3n) is 2.57. The first-order chi connectivity index (χ1) is 8.72. The van der Waals surface area contributed by atoms with E-state index in [2.05, 4.69) is 9.97 Å². The van der Waals surface area contributed by atoms with Crippen molar-refractivity contribution in [2.24, 2.45) is 0 Å². The topological polar surface area (TPSA) is 72.1 Å². The normalized spacial score (nSPS) is 10.1. The van der Waals surface area contributed by atoms with Crippen molar-refractivity contribution in [2.75, 3.05) is 17.2 Å². The van der Waals surface area contributed by atoms with Gasteiger partial charge in [0.1, 0.15) is 6.33 Å². The molecule has 2 aromatic rings. The van der Waals surface area contributed by atoms with Crippen LogP contribution in [-0.4, -0.2) is 22.4 Å². The first-order valence-electron chi connectivity index (χ1n) is 5.64. The molecule has 1 aromatic heterocycles. The Morgan fingerprint density at radius 1 is 1.22 bits per heavy atom. The number of benzene rings is 1. The summed E-state index contributed by atoms with van der Waals surface area (Å²) in [5, 5.41) is 0. The standard InChI is InChI=1S/C13H14N4O/c1-2-17(12-5-3-11(14)4-6-12)13(18)10-7-15-9-16-8-10/h3-9H,2,14H2,1H3. The van der Waals surface area contributed by atoms with Gasteiger partial charge in [-0.05, 0) is 31.2 Å². The molecule has 5 nitrogen and oxygen atoms in total. The molecule has 5 heteroatoms. The molecule has 0 aliphatic carbocycles. The van der Waals surface area contributed by atoms with Gasteiger partial charge in [0.2, 0.25) is 0 Å². The second-order valence-corrected chi connectivity index (χ2v) is 3.77. The molecule has 0 atom stereocenters. The predicted molar refractivity (Wildman–Crippen MR) is 70.2 cm³/mol. The van der Waals surface area contributed by atoms with Crippen LogP contribution in [0.3, 0.4) is 0 Å². The van der Waals surface area contributed by atoms with E-state index in [4.69, 9.17) is 5.73 Å². The Balaban J connectivity index is 2.29. The molecule has 0 radical (unpaired) electrons. The van der Waals surface area contributed by atoms with Gasteiger partial charge in [0.15, 0.2) is 0 Å². The smallest absolute Gasteiger partial charge is 0.261 e. The maximum absolute atomic E-state index is 12.3. The molecule has 0 saturated carbocycles. The summed E-state index contributed by atoms with van der Waals surface area (Å²) >= 11 is 0. The summed E-state index contributed by atoms with van der Waals surface area (Å²) in [5.41, 5.74) is 7.58. The Labute approximate surface area is 105 Å². The summed E-state index contributed by atoms with van der Waals surface area (Å²) in [6.07, 6.45) is 4.42. The van der Waals surface area contributed by atoms with Crippen LogP contribution in [0.2, 0.25) is 0 Å². The number of anilines is 2. The zero-order valence-electron chi connectivity index (χ0n) is 10.1. The largest absolute Gasteiger partial charge is 0.399 e. The summed E-state index contributed by atoms with van der Waals surface area (Å²) < 4.78 is 0. The number of hydrogen-bond donors (Lipinski definition) is 1. The maximum atomic E-state index is 12.3. The van der Waals surface area contributed by atoms with Crippen molar-refractivity contribution in [1.82, 2.24) is 9.97 Å². The first kappa shape index (κ1) is 12.0. The predicted octanol–water partition coefficient (Wildman–Crippen LogP) is 1.73. The van der Waals surface area contributed by atoms with Crippen LogP contribution < -0.4 is 10.6 Å². The van der Waals surface area contributed by atoms with Gasteiger partial charge < -0.3 is 10.6 Å². The Morgan fingerprint density at radius 2 is 1.83 bits per heavy atom. The van der Waals surface area contributed by atoms with E-state index in [1.165, 1.54) is 18.7 Å². The van der Waals surface area contributed by atoms with Gasteiger partial charge in [0.25, 0.3) is 5.91 Å². The monoisotopic (exact) mass is 242 g/mol. The van der Waals surface area contributed by atoms with Gasteiger partial charge in [-0.25, -0.2) is 9.97 Å². The van der Waals surface area contributed by atoms with E-state index in [-0.39, 0.29) is 5.91 Å². The summed E-state index contributed by atoms with van der Waals surface area (Å²) in [6.45, 7) is 2.48. The lowest BCUT2D eigenvalue weighted by molar-refractivity contribution is 0.0987. The summed E-state index contributed by atoms with van der Waals surface area (Å²) in [5.74, 6) is -0.122. The molecular weight excluding hydrogens is 228 g/mol. The van der Waals surface area contributed by atoms with Crippen molar-refractivity contribution in [3.05, 3.63) is 48.5 Å². The van der Waals surface area contributed by atoms with Crippen molar-refractivity contribution in [3.63, 3.8) is 0 Å². The van der Waals surface area contributed by atoms with E-state index in [0.717, 1.165) is 5.69 Å². The molecule has 0 fully saturated rings. The highest BCUT2D eigenvalue weighted by molar-refractivity contribution is 6.05. The van der Waals surface area contributed by atoms with Gasteiger partial charge in [-0.3, -0.25) is 4.79 Å². The molecule has 1 amide bonds. The maximum Gasteiger partial charge on any atom is 0.261 e. The molecule has 0 bridgehead atoms. The van der Waals surface area contributed by atoms with Crippen LogP contribution in [-0.2, 0) is 0 Å². The van der Waals surface area contributed by atoms with Crippen LogP contribution >= 0.6 is 0 Å². The minimum Gasteiger partial charge on any atom is -0.399 e. The van der Waals surface area contributed by atoms with Crippen LogP contribution in [0, 0.1) is 0 Å². The summed E-state index contributed by atoms with van der Waals surface area (Å²) in [6, 6.07) is 7.18. The Kier molecular flexibility index (Phi) is 3.52. The molecule has 2 rings (SSSR count). The lowest BCUT2D eigenvalue weighted by Crippen LogP contribution is -2.30. The Hall–Kier alpha value is -2.43. The molecule has 0 aliphatic heterocycles. The van der Waals surface area contributed by atoms with Crippen molar-refractivity contribution >= 4 is 17.3 Å². The van der Waals surface area contributed by atoms with E-state index in [1.807, 2.05) is 19.1 Å². The average Bonchev–Trinajstić information content (AvgIpc) is 2.42. The summed E-state index contributed by atoms with van der Waals surface area (Å²) in [7, 11) is 0. The second-order valence-electron chi connectivity index (χ2n) is 3.77. The molecule has 18 heavy (non-hydrogen) atoms. The van der Waals surface area contributed by atoms with Crippen LogP contribution in [0.25, 0.3) is 0 Å². The van der Waals surface area contributed by atoms with E-state index >= 15 is 0 Å². The van der Waals surface area contributed by atoms with Gasteiger partial charge in [-0.15, -0.1) is 0 Å². The third kappa shape index (κ3) is 2.45. The lowest BCUT2D eigenvalue weighted by Gasteiger charge is -2.20. The fraction of sp³-hybridized carbons (Fsp3) is 0.154. The number of carbonyl (C=O) groups is 1. The molecule has 1 heterocycles. The van der Waals surface area contributed by atoms with Crippen molar-refractivity contribution in [2.45, 2.75) is 6.92 Å². The minimum atomic E-state index is -0.122. The molecule has 2 N–H and O–H groups in total. The fourth-order valence-corrected chi connectivity index (χ4v) is 1.66. The zero-order chi connectivity index (χ0) is 13.0. The SMILES string of the molecule is CCN(C(=O)c1cncnc1)c1ccc(N)cc1. The number of nitrogen functional groups attached to an aromatic ring is 1. The van der Waals surface area contributed by atoms with Gasteiger partial charge in [0, 0.05) is 30.3 Å². The molecule has 0 spiro atoms. The molecule has 92 valence electrons. The molecule has 0 saturated heterocycles. The minimum absolute atomic E-state index is 0.122. The number of aromatic nitrogens is 2. The average molecular weight is 242 g/mol. The quantitative estimate of drug-likeness (QED) is 0.832. The van der Waals surface area contributed by atoms with Crippen molar-refractivity contribution < 1.29 is 4.79 Å². The molecular formula is C13H14N4O. The first-order valence-corrected chi connectivity index (χ1v) is 5.64. The van der Waals surface area contributed by atoms with Crippen molar-refractivity contribution in [3.8, 4) is 0 Å². The van der Waals surface area contributed by atoms with Gasteiger partial charge in [-0.2, -0.15) is 0 Å². The molecule has 0 aliphatic rings. The van der Waals surface area contributed by atoms with Gasteiger partial charge >= 0.3 is 0 Å². The highest BCUT2D eigenvalue weighted by Crippen LogP contribution is 2.18. The second kappa shape index (κ2) is 5.27.